The molecule has 0 aliphatic carbocycles. The summed E-state index contributed by atoms with van der Waals surface area (Å²) in [5.41, 5.74) is 1.85. The Hall–Kier alpha value is -3.40. The predicted molar refractivity (Wildman–Crippen MR) is 102 cm³/mol. The van der Waals surface area contributed by atoms with Crippen molar-refractivity contribution in [3.05, 3.63) is 83.6 Å². The van der Waals surface area contributed by atoms with Crippen LogP contribution in [-0.2, 0) is 9.53 Å². The molecule has 1 heterocycles. The summed E-state index contributed by atoms with van der Waals surface area (Å²) >= 11 is 0. The number of benzene rings is 3. The SMILES string of the molecule is CCOc1ccccc1C1=N/C(=C\c2ccc3ccccc3c2)C(=O)O1. The highest BCUT2D eigenvalue weighted by Gasteiger charge is 2.26. The molecule has 128 valence electrons. The minimum atomic E-state index is -0.459. The number of fused-ring (bicyclic) bond motifs is 1. The van der Waals surface area contributed by atoms with E-state index in [-0.39, 0.29) is 11.6 Å². The number of nitrogens with zero attached hydrogens (tertiary/aromatic N) is 1. The standard InChI is InChI=1S/C22H17NO3/c1-2-25-20-10-6-5-9-18(20)21-23-19(22(24)26-21)14-15-11-12-16-7-3-4-8-17(16)13-15/h3-14H,2H2,1H3/b19-14-. The zero-order valence-electron chi connectivity index (χ0n) is 14.3. The third-order valence-corrected chi connectivity index (χ3v) is 4.11. The van der Waals surface area contributed by atoms with Crippen molar-refractivity contribution in [3.63, 3.8) is 0 Å². The van der Waals surface area contributed by atoms with E-state index in [0.29, 0.717) is 17.9 Å². The zero-order valence-corrected chi connectivity index (χ0v) is 14.3. The summed E-state index contributed by atoms with van der Waals surface area (Å²) in [6.07, 6.45) is 1.74. The van der Waals surface area contributed by atoms with Crippen LogP contribution in [0.2, 0.25) is 0 Å². The van der Waals surface area contributed by atoms with Gasteiger partial charge < -0.3 is 9.47 Å². The topological polar surface area (TPSA) is 47.9 Å². The number of rotatable bonds is 4. The Balaban J connectivity index is 1.70. The highest BCUT2D eigenvalue weighted by Crippen LogP contribution is 2.26. The molecular weight excluding hydrogens is 326 g/mol. The number of hydrogen-bond acceptors (Lipinski definition) is 4. The van der Waals surface area contributed by atoms with Crippen molar-refractivity contribution >= 4 is 28.7 Å². The minimum absolute atomic E-state index is 0.270. The molecule has 0 aromatic heterocycles. The van der Waals surface area contributed by atoms with Crippen molar-refractivity contribution in [2.45, 2.75) is 6.92 Å². The quantitative estimate of drug-likeness (QED) is 0.514. The Morgan fingerprint density at radius 1 is 1.00 bits per heavy atom. The fraction of sp³-hybridized carbons (Fsp3) is 0.0909. The summed E-state index contributed by atoms with van der Waals surface area (Å²) in [5.74, 6) is 0.457. The van der Waals surface area contributed by atoms with Crippen LogP contribution in [0.4, 0.5) is 0 Å². The number of cyclic esters (lactones) is 1. The third-order valence-electron chi connectivity index (χ3n) is 4.11. The van der Waals surface area contributed by atoms with Gasteiger partial charge in [0.15, 0.2) is 5.70 Å². The molecule has 0 unspecified atom stereocenters. The molecule has 0 radical (unpaired) electrons. The number of carbonyl (C=O) groups excluding carboxylic acids is 1. The van der Waals surface area contributed by atoms with Crippen LogP contribution in [0.5, 0.6) is 5.75 Å². The molecule has 0 saturated heterocycles. The molecule has 4 heteroatoms. The van der Waals surface area contributed by atoms with Crippen LogP contribution in [0.15, 0.2) is 77.4 Å². The van der Waals surface area contributed by atoms with Crippen LogP contribution >= 0.6 is 0 Å². The Morgan fingerprint density at radius 2 is 1.77 bits per heavy atom. The molecule has 0 spiro atoms. The van der Waals surface area contributed by atoms with Gasteiger partial charge in [0.05, 0.1) is 12.2 Å². The Kier molecular flexibility index (Phi) is 4.23. The number of carbonyl (C=O) groups is 1. The summed E-state index contributed by atoms with van der Waals surface area (Å²) in [5, 5.41) is 2.26. The van der Waals surface area contributed by atoms with Crippen LogP contribution < -0.4 is 4.74 Å². The van der Waals surface area contributed by atoms with Crippen LogP contribution in [0.1, 0.15) is 18.1 Å². The highest BCUT2D eigenvalue weighted by molar-refractivity contribution is 6.13. The number of hydrogen-bond donors (Lipinski definition) is 0. The van der Waals surface area contributed by atoms with Crippen LogP contribution in [-0.4, -0.2) is 18.5 Å². The highest BCUT2D eigenvalue weighted by atomic mass is 16.6. The number of para-hydroxylation sites is 1. The second-order valence-electron chi connectivity index (χ2n) is 5.87. The molecule has 3 aromatic rings. The molecule has 0 N–H and O–H groups in total. The zero-order chi connectivity index (χ0) is 17.9. The lowest BCUT2D eigenvalue weighted by atomic mass is 10.1. The van der Waals surface area contributed by atoms with Crippen molar-refractivity contribution in [2.24, 2.45) is 4.99 Å². The monoisotopic (exact) mass is 343 g/mol. The predicted octanol–water partition coefficient (Wildman–Crippen LogP) is 4.58. The maximum absolute atomic E-state index is 12.2. The van der Waals surface area contributed by atoms with Crippen molar-refractivity contribution in [3.8, 4) is 5.75 Å². The van der Waals surface area contributed by atoms with E-state index >= 15 is 0 Å². The number of aliphatic imine (C=N–C) groups is 1. The van der Waals surface area contributed by atoms with E-state index < -0.39 is 5.97 Å². The first-order valence-electron chi connectivity index (χ1n) is 8.48. The molecule has 4 rings (SSSR count). The van der Waals surface area contributed by atoms with E-state index in [1.165, 1.54) is 0 Å². The molecule has 1 aliphatic heterocycles. The van der Waals surface area contributed by atoms with E-state index in [4.69, 9.17) is 9.47 Å². The first-order valence-corrected chi connectivity index (χ1v) is 8.48. The molecular formula is C22H17NO3. The maximum atomic E-state index is 12.2. The fourth-order valence-electron chi connectivity index (χ4n) is 2.90. The summed E-state index contributed by atoms with van der Waals surface area (Å²) in [4.78, 5) is 16.6. The lowest BCUT2D eigenvalue weighted by Crippen LogP contribution is -2.07. The second-order valence-corrected chi connectivity index (χ2v) is 5.87. The summed E-state index contributed by atoms with van der Waals surface area (Å²) in [7, 11) is 0. The number of esters is 1. The third kappa shape index (κ3) is 3.09. The summed E-state index contributed by atoms with van der Waals surface area (Å²) in [6.45, 7) is 2.43. The fourth-order valence-corrected chi connectivity index (χ4v) is 2.90. The molecule has 1 aliphatic rings. The number of ether oxygens (including phenoxy) is 2. The van der Waals surface area contributed by atoms with Gasteiger partial charge in [0.1, 0.15) is 5.75 Å². The molecule has 0 saturated carbocycles. The first kappa shape index (κ1) is 16.1. The lowest BCUT2D eigenvalue weighted by Gasteiger charge is -2.08. The van der Waals surface area contributed by atoms with Gasteiger partial charge in [0, 0.05) is 0 Å². The van der Waals surface area contributed by atoms with Gasteiger partial charge >= 0.3 is 5.97 Å². The first-order chi connectivity index (χ1) is 12.7. The van der Waals surface area contributed by atoms with Gasteiger partial charge in [-0.2, -0.15) is 0 Å². The normalized spacial score (nSPS) is 15.2. The van der Waals surface area contributed by atoms with Gasteiger partial charge in [-0.1, -0.05) is 48.5 Å². The Morgan fingerprint density at radius 3 is 2.62 bits per heavy atom. The lowest BCUT2D eigenvalue weighted by molar-refractivity contribution is -0.129. The molecule has 4 nitrogen and oxygen atoms in total. The van der Waals surface area contributed by atoms with Crippen molar-refractivity contribution in [1.29, 1.82) is 0 Å². The van der Waals surface area contributed by atoms with Crippen LogP contribution in [0, 0.1) is 0 Å². The Labute approximate surface area is 151 Å². The van der Waals surface area contributed by atoms with Crippen molar-refractivity contribution in [2.75, 3.05) is 6.61 Å². The van der Waals surface area contributed by atoms with E-state index in [1.54, 1.807) is 6.08 Å². The minimum Gasteiger partial charge on any atom is -0.493 e. The van der Waals surface area contributed by atoms with E-state index in [0.717, 1.165) is 16.3 Å². The van der Waals surface area contributed by atoms with Gasteiger partial charge in [-0.3, -0.25) is 0 Å². The van der Waals surface area contributed by atoms with Crippen LogP contribution in [0.25, 0.3) is 16.8 Å². The van der Waals surface area contributed by atoms with Crippen molar-refractivity contribution < 1.29 is 14.3 Å². The average Bonchev–Trinajstić information content (AvgIpc) is 3.03. The van der Waals surface area contributed by atoms with E-state index in [9.17, 15) is 4.79 Å². The van der Waals surface area contributed by atoms with Gasteiger partial charge in [0.25, 0.3) is 0 Å². The largest absolute Gasteiger partial charge is 0.493 e. The molecule has 0 amide bonds. The van der Waals surface area contributed by atoms with Crippen LogP contribution in [0.3, 0.4) is 0 Å². The van der Waals surface area contributed by atoms with Gasteiger partial charge in [-0.05, 0) is 47.5 Å². The molecule has 26 heavy (non-hydrogen) atoms. The maximum Gasteiger partial charge on any atom is 0.363 e. The van der Waals surface area contributed by atoms with Crippen molar-refractivity contribution in [1.82, 2.24) is 0 Å². The summed E-state index contributed by atoms with van der Waals surface area (Å²) < 4.78 is 11.0. The molecule has 3 aromatic carbocycles. The molecule has 0 atom stereocenters. The molecule has 0 bridgehead atoms. The van der Waals surface area contributed by atoms with Gasteiger partial charge in [-0.15, -0.1) is 0 Å². The molecule has 0 fully saturated rings. The van der Waals surface area contributed by atoms with E-state index in [1.807, 2.05) is 67.6 Å². The van der Waals surface area contributed by atoms with E-state index in [2.05, 4.69) is 11.1 Å². The Bertz CT molecular complexity index is 1050. The summed E-state index contributed by atoms with van der Waals surface area (Å²) in [6, 6.07) is 21.5. The second kappa shape index (κ2) is 6.84. The van der Waals surface area contributed by atoms with Gasteiger partial charge in [-0.25, -0.2) is 9.79 Å². The van der Waals surface area contributed by atoms with Gasteiger partial charge in [0.2, 0.25) is 5.90 Å². The smallest absolute Gasteiger partial charge is 0.363 e. The average molecular weight is 343 g/mol.